The van der Waals surface area contributed by atoms with Crippen LogP contribution in [-0.4, -0.2) is 43.7 Å². The number of ether oxygens (including phenoxy) is 1. The first-order chi connectivity index (χ1) is 12.1. The van der Waals surface area contributed by atoms with E-state index in [1.807, 2.05) is 0 Å². The Morgan fingerprint density at radius 2 is 1.76 bits per heavy atom. The fourth-order valence-corrected chi connectivity index (χ4v) is 3.05. The van der Waals surface area contributed by atoms with Gasteiger partial charge in [-0.05, 0) is 42.0 Å². The molecule has 3 rings (SSSR count). The fourth-order valence-electron chi connectivity index (χ4n) is 2.92. The summed E-state index contributed by atoms with van der Waals surface area (Å²) in [6.07, 6.45) is 0. The van der Waals surface area contributed by atoms with E-state index >= 15 is 0 Å². The largest absolute Gasteiger partial charge is 0.379 e. The van der Waals surface area contributed by atoms with Crippen LogP contribution in [0.4, 0.5) is 4.39 Å². The lowest BCUT2D eigenvalue weighted by atomic mass is 10.0. The molecule has 2 aromatic rings. The van der Waals surface area contributed by atoms with Crippen LogP contribution in [0, 0.1) is 5.82 Å². The van der Waals surface area contributed by atoms with Gasteiger partial charge in [0.15, 0.2) is 0 Å². The molecular weight excluding hydrogens is 343 g/mol. The average Bonchev–Trinajstić information content (AvgIpc) is 2.64. The van der Waals surface area contributed by atoms with Gasteiger partial charge in [-0.1, -0.05) is 23.7 Å². The van der Waals surface area contributed by atoms with Gasteiger partial charge in [0.05, 0.1) is 19.3 Å². The van der Waals surface area contributed by atoms with Crippen LogP contribution in [0.1, 0.15) is 22.0 Å². The molecule has 0 bridgehead atoms. The number of nitrogens with one attached hydrogen (secondary N) is 1. The second kappa shape index (κ2) is 8.43. The van der Waals surface area contributed by atoms with E-state index in [-0.39, 0.29) is 17.8 Å². The van der Waals surface area contributed by atoms with Crippen molar-refractivity contribution < 1.29 is 13.9 Å². The number of hydrogen-bond acceptors (Lipinski definition) is 3. The molecular formula is C19H20ClFN2O2. The Balaban J connectivity index is 1.71. The molecule has 4 nitrogen and oxygen atoms in total. The van der Waals surface area contributed by atoms with Crippen molar-refractivity contribution in [3.05, 3.63) is 70.5 Å². The lowest BCUT2D eigenvalue weighted by Crippen LogP contribution is -2.43. The number of carbonyl (C=O) groups excluding carboxylic acids is 1. The maximum Gasteiger partial charge on any atom is 0.251 e. The Bertz CT molecular complexity index is 700. The van der Waals surface area contributed by atoms with Crippen LogP contribution >= 0.6 is 11.6 Å². The predicted molar refractivity (Wildman–Crippen MR) is 95.3 cm³/mol. The first kappa shape index (κ1) is 17.9. The standard InChI is InChI=1S/C19H20ClFN2O2/c20-16-5-1-15(2-6-16)19(24)22-13-18(23-9-11-25-12-10-23)14-3-7-17(21)8-4-14/h1-8,18H,9-13H2,(H,22,24)/t18-/m0/s1. The van der Waals surface area contributed by atoms with Gasteiger partial charge in [-0.3, -0.25) is 9.69 Å². The van der Waals surface area contributed by atoms with Crippen LogP contribution in [0.15, 0.2) is 48.5 Å². The SMILES string of the molecule is O=C(NC[C@@H](c1ccc(F)cc1)N1CCOCC1)c1ccc(Cl)cc1. The van der Waals surface area contributed by atoms with Crippen LogP contribution in [0.3, 0.4) is 0 Å². The van der Waals surface area contributed by atoms with Gasteiger partial charge >= 0.3 is 0 Å². The van der Waals surface area contributed by atoms with Gasteiger partial charge in [0, 0.05) is 30.2 Å². The molecule has 1 aliphatic heterocycles. The normalized spacial score (nSPS) is 16.4. The summed E-state index contributed by atoms with van der Waals surface area (Å²) >= 11 is 5.86. The van der Waals surface area contributed by atoms with Crippen molar-refractivity contribution in [1.82, 2.24) is 10.2 Å². The highest BCUT2D eigenvalue weighted by Crippen LogP contribution is 2.22. The van der Waals surface area contributed by atoms with Gasteiger partial charge in [0.2, 0.25) is 0 Å². The number of hydrogen-bond donors (Lipinski definition) is 1. The molecule has 1 atom stereocenters. The summed E-state index contributed by atoms with van der Waals surface area (Å²) in [5.74, 6) is -0.424. The number of nitrogens with zero attached hydrogens (tertiary/aromatic N) is 1. The van der Waals surface area contributed by atoms with E-state index in [1.54, 1.807) is 36.4 Å². The Labute approximate surface area is 151 Å². The molecule has 1 aliphatic rings. The third-order valence-corrected chi connectivity index (χ3v) is 4.56. The lowest BCUT2D eigenvalue weighted by molar-refractivity contribution is 0.0162. The molecule has 0 aromatic heterocycles. The molecule has 0 radical (unpaired) electrons. The van der Waals surface area contributed by atoms with Gasteiger partial charge in [-0.2, -0.15) is 0 Å². The Hall–Kier alpha value is -1.95. The van der Waals surface area contributed by atoms with E-state index in [0.717, 1.165) is 18.7 Å². The smallest absolute Gasteiger partial charge is 0.251 e. The minimum atomic E-state index is -0.269. The maximum absolute atomic E-state index is 13.2. The highest BCUT2D eigenvalue weighted by atomic mass is 35.5. The molecule has 1 N–H and O–H groups in total. The molecule has 0 aliphatic carbocycles. The average molecular weight is 363 g/mol. The zero-order chi connectivity index (χ0) is 17.6. The van der Waals surface area contributed by atoms with Crippen molar-refractivity contribution in [2.24, 2.45) is 0 Å². The van der Waals surface area contributed by atoms with E-state index in [4.69, 9.17) is 16.3 Å². The maximum atomic E-state index is 13.2. The van der Waals surface area contributed by atoms with Crippen LogP contribution in [-0.2, 0) is 4.74 Å². The first-order valence-electron chi connectivity index (χ1n) is 8.24. The Morgan fingerprint density at radius 3 is 2.40 bits per heavy atom. The van der Waals surface area contributed by atoms with Crippen LogP contribution in [0.25, 0.3) is 0 Å². The number of rotatable bonds is 5. The second-order valence-corrected chi connectivity index (χ2v) is 6.37. The number of halogens is 2. The zero-order valence-corrected chi connectivity index (χ0v) is 14.5. The minimum absolute atomic E-state index is 0.0271. The molecule has 1 heterocycles. The molecule has 132 valence electrons. The molecule has 25 heavy (non-hydrogen) atoms. The van der Waals surface area contributed by atoms with Crippen molar-refractivity contribution >= 4 is 17.5 Å². The van der Waals surface area contributed by atoms with Gasteiger partial charge in [-0.25, -0.2) is 4.39 Å². The molecule has 1 saturated heterocycles. The minimum Gasteiger partial charge on any atom is -0.379 e. The summed E-state index contributed by atoms with van der Waals surface area (Å²) in [5.41, 5.74) is 1.53. The van der Waals surface area contributed by atoms with E-state index in [2.05, 4.69) is 10.2 Å². The molecule has 6 heteroatoms. The highest BCUT2D eigenvalue weighted by molar-refractivity contribution is 6.30. The van der Waals surface area contributed by atoms with Crippen molar-refractivity contribution in [1.29, 1.82) is 0 Å². The molecule has 0 spiro atoms. The molecule has 2 aromatic carbocycles. The Morgan fingerprint density at radius 1 is 1.12 bits per heavy atom. The number of carbonyl (C=O) groups is 1. The van der Waals surface area contributed by atoms with Gasteiger partial charge in [0.25, 0.3) is 5.91 Å². The summed E-state index contributed by atoms with van der Waals surface area (Å²) in [7, 11) is 0. The monoisotopic (exact) mass is 362 g/mol. The third kappa shape index (κ3) is 4.78. The second-order valence-electron chi connectivity index (χ2n) is 5.93. The molecule has 0 saturated carbocycles. The van der Waals surface area contributed by atoms with Crippen molar-refractivity contribution in [2.45, 2.75) is 6.04 Å². The van der Waals surface area contributed by atoms with Crippen molar-refractivity contribution in [2.75, 3.05) is 32.8 Å². The summed E-state index contributed by atoms with van der Waals surface area (Å²) in [4.78, 5) is 14.6. The Kier molecular flexibility index (Phi) is 6.02. The predicted octanol–water partition coefficient (Wildman–Crippen LogP) is 3.28. The van der Waals surface area contributed by atoms with E-state index in [1.165, 1.54) is 12.1 Å². The topological polar surface area (TPSA) is 41.6 Å². The summed E-state index contributed by atoms with van der Waals surface area (Å²) in [6.45, 7) is 3.30. The number of morpholine rings is 1. The van der Waals surface area contributed by atoms with Gasteiger partial charge in [-0.15, -0.1) is 0 Å². The lowest BCUT2D eigenvalue weighted by Gasteiger charge is -2.35. The number of benzene rings is 2. The van der Waals surface area contributed by atoms with Crippen molar-refractivity contribution in [3.63, 3.8) is 0 Å². The van der Waals surface area contributed by atoms with Crippen LogP contribution in [0.2, 0.25) is 5.02 Å². The van der Waals surface area contributed by atoms with Crippen molar-refractivity contribution in [3.8, 4) is 0 Å². The van der Waals surface area contributed by atoms with E-state index < -0.39 is 0 Å². The van der Waals surface area contributed by atoms with Crippen LogP contribution in [0.5, 0.6) is 0 Å². The van der Waals surface area contributed by atoms with Crippen LogP contribution < -0.4 is 5.32 Å². The number of amides is 1. The van der Waals surface area contributed by atoms with Gasteiger partial charge < -0.3 is 10.1 Å². The van der Waals surface area contributed by atoms with Gasteiger partial charge in [0.1, 0.15) is 5.82 Å². The zero-order valence-electron chi connectivity index (χ0n) is 13.8. The quantitative estimate of drug-likeness (QED) is 0.887. The van der Waals surface area contributed by atoms with E-state index in [9.17, 15) is 9.18 Å². The van der Waals surface area contributed by atoms with E-state index in [0.29, 0.717) is 30.3 Å². The fraction of sp³-hybridized carbons (Fsp3) is 0.316. The first-order valence-corrected chi connectivity index (χ1v) is 8.62. The molecule has 1 amide bonds. The molecule has 1 fully saturated rings. The summed E-state index contributed by atoms with van der Waals surface area (Å²) in [5, 5.41) is 3.56. The summed E-state index contributed by atoms with van der Waals surface area (Å²) in [6, 6.07) is 13.2. The third-order valence-electron chi connectivity index (χ3n) is 4.30. The highest BCUT2D eigenvalue weighted by Gasteiger charge is 2.23. The molecule has 0 unspecified atom stereocenters. The summed E-state index contributed by atoms with van der Waals surface area (Å²) < 4.78 is 18.7.